The van der Waals surface area contributed by atoms with Gasteiger partial charge in [-0.25, -0.2) is 5.43 Å². The van der Waals surface area contributed by atoms with Crippen molar-refractivity contribution in [1.82, 2.24) is 10.4 Å². The van der Waals surface area contributed by atoms with Gasteiger partial charge in [0.2, 0.25) is 0 Å². The largest absolute Gasteiger partial charge is 0.493 e. The van der Waals surface area contributed by atoms with E-state index in [-0.39, 0.29) is 5.91 Å². The molecule has 1 N–H and O–H groups in total. The van der Waals surface area contributed by atoms with Gasteiger partial charge in [0.15, 0.2) is 0 Å². The molecule has 31 heavy (non-hydrogen) atoms. The maximum atomic E-state index is 12.8. The number of fused-ring (bicyclic) bond motifs is 2. The first-order valence-electron chi connectivity index (χ1n) is 10.3. The Balaban J connectivity index is 1.65. The Labute approximate surface area is 181 Å². The molecule has 1 aromatic heterocycles. The molecule has 0 saturated carbocycles. The van der Waals surface area contributed by atoms with Crippen LogP contribution in [0.4, 0.5) is 0 Å². The van der Waals surface area contributed by atoms with Gasteiger partial charge >= 0.3 is 0 Å². The van der Waals surface area contributed by atoms with Gasteiger partial charge in [-0.3, -0.25) is 9.78 Å². The van der Waals surface area contributed by atoms with Crippen LogP contribution in [0.15, 0.2) is 59.7 Å². The summed E-state index contributed by atoms with van der Waals surface area (Å²) in [4.78, 5) is 17.5. The number of benzene rings is 3. The van der Waals surface area contributed by atoms with Crippen molar-refractivity contribution in [3.63, 3.8) is 0 Å². The summed E-state index contributed by atoms with van der Waals surface area (Å²) in [5, 5.41) is 7.28. The van der Waals surface area contributed by atoms with E-state index in [1.807, 2.05) is 76.2 Å². The fourth-order valence-corrected chi connectivity index (χ4v) is 3.88. The molecule has 1 amide bonds. The van der Waals surface area contributed by atoms with E-state index in [4.69, 9.17) is 4.74 Å². The number of amides is 1. The van der Waals surface area contributed by atoms with Crippen LogP contribution < -0.4 is 10.2 Å². The molecule has 4 aromatic rings. The lowest BCUT2D eigenvalue weighted by Gasteiger charge is -2.11. The lowest BCUT2D eigenvalue weighted by molar-refractivity contribution is 0.0954. The Hall–Kier alpha value is -3.73. The molecule has 5 nitrogen and oxygen atoms in total. The van der Waals surface area contributed by atoms with Gasteiger partial charge in [0.25, 0.3) is 5.91 Å². The summed E-state index contributed by atoms with van der Waals surface area (Å²) in [6.45, 7) is 8.40. The quantitative estimate of drug-likeness (QED) is 0.350. The standard InChI is InChI=1S/C26H25N3O2/c1-5-31-24-11-10-19-8-6-7-9-21(19)23(24)15-27-29-26(30)22-14-20-13-16(2)12-17(3)25(20)28-18(22)4/h6-15H,5H2,1-4H3,(H,29,30). The smallest absolute Gasteiger partial charge is 0.273 e. The monoisotopic (exact) mass is 411 g/mol. The second-order valence-electron chi connectivity index (χ2n) is 7.61. The topological polar surface area (TPSA) is 63.6 Å². The first kappa shape index (κ1) is 20.5. The first-order valence-corrected chi connectivity index (χ1v) is 10.3. The number of nitrogens with zero attached hydrogens (tertiary/aromatic N) is 2. The molecule has 0 aliphatic carbocycles. The molecule has 0 aliphatic heterocycles. The van der Waals surface area contributed by atoms with Crippen molar-refractivity contribution in [2.24, 2.45) is 5.10 Å². The summed E-state index contributed by atoms with van der Waals surface area (Å²) in [6, 6.07) is 18.0. The van der Waals surface area contributed by atoms with Crippen LogP contribution in [0.25, 0.3) is 21.7 Å². The molecule has 0 aliphatic rings. The predicted molar refractivity (Wildman–Crippen MR) is 126 cm³/mol. The highest BCUT2D eigenvalue weighted by molar-refractivity contribution is 6.04. The fourth-order valence-electron chi connectivity index (χ4n) is 3.88. The first-order chi connectivity index (χ1) is 15.0. The van der Waals surface area contributed by atoms with Gasteiger partial charge in [0, 0.05) is 10.9 Å². The highest BCUT2D eigenvalue weighted by Crippen LogP contribution is 2.27. The number of aromatic nitrogens is 1. The lowest BCUT2D eigenvalue weighted by Crippen LogP contribution is -2.19. The van der Waals surface area contributed by atoms with E-state index >= 15 is 0 Å². The Morgan fingerprint density at radius 2 is 1.87 bits per heavy atom. The van der Waals surface area contributed by atoms with E-state index in [0.717, 1.165) is 44.1 Å². The van der Waals surface area contributed by atoms with Gasteiger partial charge < -0.3 is 4.74 Å². The predicted octanol–water partition coefficient (Wildman–Crippen LogP) is 5.48. The molecule has 0 fully saturated rings. The van der Waals surface area contributed by atoms with E-state index in [1.165, 1.54) is 0 Å². The van der Waals surface area contributed by atoms with Crippen LogP contribution in [0.5, 0.6) is 5.75 Å². The number of ether oxygens (including phenoxy) is 1. The third-order valence-corrected chi connectivity index (χ3v) is 5.28. The maximum absolute atomic E-state index is 12.8. The molecular formula is C26H25N3O2. The molecule has 0 saturated heterocycles. The fraction of sp³-hybridized carbons (Fsp3) is 0.192. The second-order valence-corrected chi connectivity index (χ2v) is 7.61. The molecule has 0 unspecified atom stereocenters. The average molecular weight is 412 g/mol. The van der Waals surface area contributed by atoms with Gasteiger partial charge in [-0.2, -0.15) is 5.10 Å². The summed E-state index contributed by atoms with van der Waals surface area (Å²) in [7, 11) is 0. The van der Waals surface area contributed by atoms with Gasteiger partial charge in [-0.15, -0.1) is 0 Å². The van der Waals surface area contributed by atoms with Crippen LogP contribution in [0.2, 0.25) is 0 Å². The van der Waals surface area contributed by atoms with Gasteiger partial charge in [-0.05, 0) is 62.2 Å². The van der Waals surface area contributed by atoms with Crippen LogP contribution in [-0.2, 0) is 0 Å². The third-order valence-electron chi connectivity index (χ3n) is 5.28. The molecule has 0 spiro atoms. The van der Waals surface area contributed by atoms with Crippen LogP contribution in [0, 0.1) is 20.8 Å². The number of nitrogens with one attached hydrogen (secondary N) is 1. The molecule has 4 rings (SSSR count). The molecule has 5 heteroatoms. The van der Waals surface area contributed by atoms with E-state index < -0.39 is 0 Å². The van der Waals surface area contributed by atoms with Gasteiger partial charge in [0.1, 0.15) is 5.75 Å². The zero-order chi connectivity index (χ0) is 22.0. The number of hydrazone groups is 1. The number of pyridine rings is 1. The van der Waals surface area contributed by atoms with E-state index in [9.17, 15) is 4.79 Å². The number of hydrogen-bond acceptors (Lipinski definition) is 4. The zero-order valence-electron chi connectivity index (χ0n) is 18.2. The van der Waals surface area contributed by atoms with Crippen molar-refractivity contribution < 1.29 is 9.53 Å². The molecule has 0 radical (unpaired) electrons. The molecular weight excluding hydrogens is 386 g/mol. The molecule has 0 atom stereocenters. The Bertz CT molecular complexity index is 1330. The minimum Gasteiger partial charge on any atom is -0.493 e. The summed E-state index contributed by atoms with van der Waals surface area (Å²) in [5.74, 6) is 0.439. The SMILES string of the molecule is CCOc1ccc2ccccc2c1C=NNC(=O)c1cc2cc(C)cc(C)c2nc1C. The zero-order valence-corrected chi connectivity index (χ0v) is 18.2. The van der Waals surface area contributed by atoms with Crippen molar-refractivity contribution in [3.05, 3.63) is 82.5 Å². The minimum absolute atomic E-state index is 0.291. The van der Waals surface area contributed by atoms with Gasteiger partial charge in [0.05, 0.1) is 29.6 Å². The summed E-state index contributed by atoms with van der Waals surface area (Å²) in [6.07, 6.45) is 1.64. The normalized spacial score (nSPS) is 11.4. The van der Waals surface area contributed by atoms with Crippen LogP contribution in [0.1, 0.15) is 39.7 Å². The minimum atomic E-state index is -0.291. The third kappa shape index (κ3) is 4.12. The highest BCUT2D eigenvalue weighted by atomic mass is 16.5. The van der Waals surface area contributed by atoms with E-state index in [0.29, 0.717) is 17.9 Å². The number of aryl methyl sites for hydroxylation is 3. The van der Waals surface area contributed by atoms with Crippen LogP contribution >= 0.6 is 0 Å². The number of hydrogen-bond donors (Lipinski definition) is 1. The second kappa shape index (κ2) is 8.56. The van der Waals surface area contributed by atoms with E-state index in [1.54, 1.807) is 6.21 Å². The van der Waals surface area contributed by atoms with Crippen LogP contribution in [-0.4, -0.2) is 23.7 Å². The number of rotatable bonds is 5. The summed E-state index contributed by atoms with van der Waals surface area (Å²) < 4.78 is 5.76. The summed E-state index contributed by atoms with van der Waals surface area (Å²) in [5.41, 5.74) is 7.82. The number of carbonyl (C=O) groups excluding carboxylic acids is 1. The van der Waals surface area contributed by atoms with Gasteiger partial charge in [-0.1, -0.05) is 42.0 Å². The Kier molecular flexibility index (Phi) is 5.67. The maximum Gasteiger partial charge on any atom is 0.273 e. The van der Waals surface area contributed by atoms with Crippen molar-refractivity contribution in [2.75, 3.05) is 6.61 Å². The molecule has 1 heterocycles. The van der Waals surface area contributed by atoms with E-state index in [2.05, 4.69) is 21.6 Å². The highest BCUT2D eigenvalue weighted by Gasteiger charge is 2.13. The molecule has 3 aromatic carbocycles. The average Bonchev–Trinajstić information content (AvgIpc) is 2.75. The molecule has 156 valence electrons. The summed E-state index contributed by atoms with van der Waals surface area (Å²) >= 11 is 0. The Morgan fingerprint density at radius 1 is 1.06 bits per heavy atom. The van der Waals surface area contributed by atoms with Crippen LogP contribution in [0.3, 0.4) is 0 Å². The van der Waals surface area contributed by atoms with Crippen molar-refractivity contribution in [3.8, 4) is 5.75 Å². The lowest BCUT2D eigenvalue weighted by atomic mass is 10.0. The Morgan fingerprint density at radius 3 is 2.68 bits per heavy atom. The van der Waals surface area contributed by atoms with Crippen molar-refractivity contribution >= 4 is 33.8 Å². The molecule has 0 bridgehead atoms. The number of carbonyl (C=O) groups is 1. The van der Waals surface area contributed by atoms with Crippen molar-refractivity contribution in [2.45, 2.75) is 27.7 Å². The van der Waals surface area contributed by atoms with Crippen molar-refractivity contribution in [1.29, 1.82) is 0 Å².